The Kier molecular flexibility index (Phi) is 4.98. The quantitative estimate of drug-likeness (QED) is 0.530. The van der Waals surface area contributed by atoms with Crippen LogP contribution in [0.3, 0.4) is 0 Å². The fourth-order valence-corrected chi connectivity index (χ4v) is 4.88. The molecule has 0 radical (unpaired) electrons. The van der Waals surface area contributed by atoms with Gasteiger partial charge in [0.25, 0.3) is 11.8 Å². The molecule has 0 N–H and O–H groups in total. The number of halogens is 2. The Morgan fingerprint density at radius 3 is 2.45 bits per heavy atom. The van der Waals surface area contributed by atoms with E-state index in [0.717, 1.165) is 25.7 Å². The summed E-state index contributed by atoms with van der Waals surface area (Å²) in [5.74, 6) is -1.75. The molecule has 3 aliphatic heterocycles. The molecule has 1 aromatic heterocycles. The van der Waals surface area contributed by atoms with Crippen LogP contribution >= 0.6 is 0 Å². The number of hydrogen-bond donors (Lipinski definition) is 0. The minimum atomic E-state index is -4.02. The lowest BCUT2D eigenvalue weighted by atomic mass is 9.84. The summed E-state index contributed by atoms with van der Waals surface area (Å²) >= 11 is 0. The molecule has 0 aromatic carbocycles. The molecule has 0 spiro atoms. The van der Waals surface area contributed by atoms with Gasteiger partial charge in [-0.3, -0.25) is 9.59 Å². The number of aryl methyl sites for hydroxylation is 2. The van der Waals surface area contributed by atoms with E-state index in [1.54, 1.807) is 26.0 Å². The van der Waals surface area contributed by atoms with Crippen LogP contribution in [0.4, 0.5) is 8.63 Å². The maximum Gasteiger partial charge on any atom is 0.737 e. The third-order valence-electron chi connectivity index (χ3n) is 6.04. The van der Waals surface area contributed by atoms with E-state index in [9.17, 15) is 14.4 Å². The molecule has 2 amide bonds. The number of rotatable bonds is 5. The monoisotopic (exact) mass is 431 g/mol. The topological polar surface area (TPSA) is 71.6 Å². The van der Waals surface area contributed by atoms with Crippen LogP contribution in [-0.4, -0.2) is 44.5 Å². The second kappa shape index (κ2) is 7.28. The summed E-state index contributed by atoms with van der Waals surface area (Å²) in [7, 11) is 0. The van der Waals surface area contributed by atoms with Crippen molar-refractivity contribution in [3.63, 3.8) is 0 Å². The molecule has 0 saturated carbocycles. The SMILES string of the molecule is CC1=CC(C)=[N+]2C1=C(CCCC(=O)ON1C(=O)CCC1=O)c1c(C)cc(C)n1[B-]2(F)F. The van der Waals surface area contributed by atoms with E-state index in [1.807, 2.05) is 13.8 Å². The van der Waals surface area contributed by atoms with Gasteiger partial charge in [0.05, 0.1) is 0 Å². The number of aromatic nitrogens is 1. The standard InChI is InChI=1S/C21H24BF2N3O4/c1-12-10-14(3)25-20(12)16(21-13(2)11-15(4)26(21)22(25,23)24)6-5-7-19(30)31-27-17(28)8-9-18(27)29/h10-11H,5-9H2,1-4H3. The van der Waals surface area contributed by atoms with Crippen LogP contribution in [0.2, 0.25) is 0 Å². The molecule has 4 rings (SSSR count). The Morgan fingerprint density at radius 2 is 1.81 bits per heavy atom. The summed E-state index contributed by atoms with van der Waals surface area (Å²) < 4.78 is 33.2. The first-order valence-electron chi connectivity index (χ1n) is 10.4. The maximum atomic E-state index is 15.5. The normalized spacial score (nSPS) is 19.8. The van der Waals surface area contributed by atoms with Crippen molar-refractivity contribution in [3.05, 3.63) is 40.4 Å². The number of carbonyl (C=O) groups is 3. The minimum absolute atomic E-state index is 0.0330. The van der Waals surface area contributed by atoms with Crippen molar-refractivity contribution in [3.8, 4) is 0 Å². The molecule has 1 aromatic rings. The van der Waals surface area contributed by atoms with Gasteiger partial charge in [0.1, 0.15) is 5.71 Å². The van der Waals surface area contributed by atoms with Crippen LogP contribution < -0.4 is 0 Å². The number of hydrogen-bond acceptors (Lipinski definition) is 4. The summed E-state index contributed by atoms with van der Waals surface area (Å²) in [6.07, 6.45) is 2.48. The highest BCUT2D eigenvalue weighted by molar-refractivity contribution is 6.58. The lowest BCUT2D eigenvalue weighted by Crippen LogP contribution is -2.51. The van der Waals surface area contributed by atoms with Crippen molar-refractivity contribution in [2.24, 2.45) is 0 Å². The van der Waals surface area contributed by atoms with Gasteiger partial charge in [-0.15, -0.1) is 5.06 Å². The molecule has 1 fully saturated rings. The number of carbonyl (C=O) groups excluding carboxylic acids is 3. The van der Waals surface area contributed by atoms with Gasteiger partial charge >= 0.3 is 12.9 Å². The number of allylic oxidation sites excluding steroid dienone is 3. The van der Waals surface area contributed by atoms with Crippen LogP contribution in [-0.2, 0) is 19.2 Å². The Balaban J connectivity index is 1.60. The highest BCUT2D eigenvalue weighted by Crippen LogP contribution is 2.43. The van der Waals surface area contributed by atoms with Gasteiger partial charge in [0.2, 0.25) is 0 Å². The van der Waals surface area contributed by atoms with Gasteiger partial charge < -0.3 is 22.4 Å². The van der Waals surface area contributed by atoms with Crippen molar-refractivity contribution < 1.29 is 32.3 Å². The molecule has 0 aliphatic carbocycles. The largest absolute Gasteiger partial charge is 0.737 e. The van der Waals surface area contributed by atoms with E-state index in [2.05, 4.69) is 0 Å². The summed E-state index contributed by atoms with van der Waals surface area (Å²) in [4.78, 5) is 40.3. The molecule has 10 heteroatoms. The fraction of sp³-hybridized carbons (Fsp3) is 0.429. The van der Waals surface area contributed by atoms with Crippen LogP contribution in [0.5, 0.6) is 0 Å². The Bertz CT molecular complexity index is 1110. The van der Waals surface area contributed by atoms with Crippen molar-refractivity contribution in [2.45, 2.75) is 59.8 Å². The van der Waals surface area contributed by atoms with Gasteiger partial charge in [-0.05, 0) is 50.9 Å². The van der Waals surface area contributed by atoms with Gasteiger partial charge in [0, 0.05) is 49.1 Å². The highest BCUT2D eigenvalue weighted by atomic mass is 19.2. The first kappa shape index (κ1) is 21.2. The number of hydroxylamine groups is 2. The molecule has 0 atom stereocenters. The summed E-state index contributed by atoms with van der Waals surface area (Å²) in [6, 6.07) is 1.75. The van der Waals surface area contributed by atoms with Crippen LogP contribution in [0.1, 0.15) is 62.9 Å². The minimum Gasteiger partial charge on any atom is -0.394 e. The Hall–Kier alpha value is -3.04. The molecular formula is C21H24BF2N3O4. The van der Waals surface area contributed by atoms with Gasteiger partial charge in [0.15, 0.2) is 5.70 Å². The predicted octanol–water partition coefficient (Wildman–Crippen LogP) is 3.26. The van der Waals surface area contributed by atoms with E-state index in [0.29, 0.717) is 40.7 Å². The van der Waals surface area contributed by atoms with Crippen molar-refractivity contribution in [1.82, 2.24) is 9.54 Å². The molecule has 0 bridgehead atoms. The number of amides is 2. The number of imide groups is 1. The van der Waals surface area contributed by atoms with Crippen molar-refractivity contribution >= 4 is 36.0 Å². The number of fused-ring (bicyclic) bond motifs is 2. The molecule has 31 heavy (non-hydrogen) atoms. The van der Waals surface area contributed by atoms with Crippen LogP contribution in [0.15, 0.2) is 23.4 Å². The van der Waals surface area contributed by atoms with Crippen molar-refractivity contribution in [2.75, 3.05) is 0 Å². The second-order valence-electron chi connectivity index (χ2n) is 8.34. The molecule has 1 saturated heterocycles. The lowest BCUT2D eigenvalue weighted by molar-refractivity contribution is -0.363. The van der Waals surface area contributed by atoms with Crippen molar-refractivity contribution in [1.29, 1.82) is 0 Å². The zero-order valence-electron chi connectivity index (χ0n) is 18.0. The van der Waals surface area contributed by atoms with E-state index in [1.165, 1.54) is 0 Å². The van der Waals surface area contributed by atoms with Gasteiger partial charge in [-0.25, -0.2) is 4.79 Å². The molecule has 3 aliphatic rings. The van der Waals surface area contributed by atoms with E-state index in [-0.39, 0.29) is 19.3 Å². The molecule has 0 unspecified atom stereocenters. The van der Waals surface area contributed by atoms with Gasteiger partial charge in [-0.2, -0.15) is 0 Å². The third-order valence-corrected chi connectivity index (χ3v) is 6.04. The first-order chi connectivity index (χ1) is 14.5. The predicted molar refractivity (Wildman–Crippen MR) is 110 cm³/mol. The summed E-state index contributed by atoms with van der Waals surface area (Å²) in [5.41, 5.74) is 4.23. The first-order valence-corrected chi connectivity index (χ1v) is 10.4. The Labute approximate surface area is 178 Å². The zero-order valence-corrected chi connectivity index (χ0v) is 18.0. The molecule has 7 nitrogen and oxygen atoms in total. The van der Waals surface area contributed by atoms with E-state index in [4.69, 9.17) is 4.84 Å². The summed E-state index contributed by atoms with van der Waals surface area (Å²) in [6.45, 7) is 2.94. The average Bonchev–Trinajstić information content (AvgIpc) is 3.27. The maximum absolute atomic E-state index is 15.5. The third kappa shape index (κ3) is 3.25. The molecule has 4 heterocycles. The fourth-order valence-electron chi connectivity index (χ4n) is 4.88. The smallest absolute Gasteiger partial charge is 0.394 e. The Morgan fingerprint density at radius 1 is 1.16 bits per heavy atom. The van der Waals surface area contributed by atoms with Gasteiger partial charge in [-0.1, -0.05) is 0 Å². The molecule has 164 valence electrons. The van der Waals surface area contributed by atoms with Crippen LogP contribution in [0, 0.1) is 13.8 Å². The van der Waals surface area contributed by atoms with E-state index >= 15 is 8.63 Å². The van der Waals surface area contributed by atoms with Crippen LogP contribution in [0.25, 0.3) is 5.57 Å². The summed E-state index contributed by atoms with van der Waals surface area (Å²) in [5, 5.41) is 0.524. The lowest BCUT2D eigenvalue weighted by Gasteiger charge is -2.34. The number of nitrogens with zero attached hydrogens (tertiary/aromatic N) is 3. The molecular weight excluding hydrogens is 407 g/mol. The van der Waals surface area contributed by atoms with E-state index < -0.39 is 24.8 Å². The average molecular weight is 431 g/mol. The highest BCUT2D eigenvalue weighted by Gasteiger charge is 2.54. The second-order valence-corrected chi connectivity index (χ2v) is 8.34. The zero-order chi connectivity index (χ0) is 22.7.